The van der Waals surface area contributed by atoms with Crippen molar-refractivity contribution in [3.8, 4) is 0 Å². The van der Waals surface area contributed by atoms with Crippen LogP contribution in [-0.2, 0) is 4.79 Å². The van der Waals surface area contributed by atoms with E-state index in [1.807, 2.05) is 32.2 Å². The Balaban J connectivity index is 1.94. The average molecular weight is 217 g/mol. The van der Waals surface area contributed by atoms with Crippen molar-refractivity contribution in [2.24, 2.45) is 11.8 Å². The number of hydrogen-bond acceptors (Lipinski definition) is 2. The van der Waals surface area contributed by atoms with Gasteiger partial charge in [-0.05, 0) is 24.9 Å². The summed E-state index contributed by atoms with van der Waals surface area (Å²) in [6, 6.07) is 10.4. The molecule has 1 aromatic rings. The SMILES string of the molecule is CNCC(C)C(=O)C1CC1c1ccccc1. The van der Waals surface area contributed by atoms with Gasteiger partial charge in [-0.1, -0.05) is 37.3 Å². The zero-order valence-electron chi connectivity index (χ0n) is 9.94. The zero-order chi connectivity index (χ0) is 11.5. The van der Waals surface area contributed by atoms with Crippen LogP contribution in [0.5, 0.6) is 0 Å². The molecule has 1 aliphatic rings. The lowest BCUT2D eigenvalue weighted by Crippen LogP contribution is -2.25. The predicted octanol–water partition coefficient (Wildman–Crippen LogP) is 2.21. The molecule has 2 heteroatoms. The van der Waals surface area contributed by atoms with E-state index < -0.39 is 0 Å². The van der Waals surface area contributed by atoms with Crippen LogP contribution in [0.3, 0.4) is 0 Å². The summed E-state index contributed by atoms with van der Waals surface area (Å²) in [5, 5.41) is 3.06. The molecule has 2 rings (SSSR count). The molecule has 1 aromatic carbocycles. The predicted molar refractivity (Wildman–Crippen MR) is 65.4 cm³/mol. The fourth-order valence-corrected chi connectivity index (χ4v) is 2.35. The van der Waals surface area contributed by atoms with Gasteiger partial charge in [0.25, 0.3) is 0 Å². The Bertz CT molecular complexity index is 360. The molecule has 0 radical (unpaired) electrons. The summed E-state index contributed by atoms with van der Waals surface area (Å²) in [6.07, 6.45) is 1.04. The number of Topliss-reactive ketones (excluding diaryl/α,β-unsaturated/α-hetero) is 1. The Hall–Kier alpha value is -1.15. The molecule has 1 N–H and O–H groups in total. The molecular formula is C14H19NO. The van der Waals surface area contributed by atoms with Gasteiger partial charge in [0.1, 0.15) is 5.78 Å². The summed E-state index contributed by atoms with van der Waals surface area (Å²) < 4.78 is 0. The van der Waals surface area contributed by atoms with Gasteiger partial charge in [-0.2, -0.15) is 0 Å². The van der Waals surface area contributed by atoms with Crippen LogP contribution < -0.4 is 5.32 Å². The molecule has 3 atom stereocenters. The van der Waals surface area contributed by atoms with Crippen LogP contribution in [-0.4, -0.2) is 19.4 Å². The van der Waals surface area contributed by atoms with Crippen molar-refractivity contribution in [3.63, 3.8) is 0 Å². The molecule has 1 saturated carbocycles. The largest absolute Gasteiger partial charge is 0.319 e. The summed E-state index contributed by atoms with van der Waals surface area (Å²) in [5.74, 6) is 1.31. The first-order chi connectivity index (χ1) is 7.74. The van der Waals surface area contributed by atoms with Crippen LogP contribution in [0.4, 0.5) is 0 Å². The number of rotatable bonds is 5. The molecule has 1 aliphatic carbocycles. The maximum Gasteiger partial charge on any atom is 0.140 e. The summed E-state index contributed by atoms with van der Waals surface area (Å²) in [5.41, 5.74) is 1.32. The van der Waals surface area contributed by atoms with E-state index in [4.69, 9.17) is 0 Å². The summed E-state index contributed by atoms with van der Waals surface area (Å²) >= 11 is 0. The second-order valence-electron chi connectivity index (χ2n) is 4.72. The van der Waals surface area contributed by atoms with E-state index in [0.717, 1.165) is 13.0 Å². The number of ketones is 1. The van der Waals surface area contributed by atoms with Crippen LogP contribution >= 0.6 is 0 Å². The molecule has 0 saturated heterocycles. The normalized spacial score (nSPS) is 25.1. The van der Waals surface area contributed by atoms with E-state index in [0.29, 0.717) is 11.7 Å². The van der Waals surface area contributed by atoms with Gasteiger partial charge in [0, 0.05) is 18.4 Å². The topological polar surface area (TPSA) is 29.1 Å². The molecule has 1 fully saturated rings. The minimum absolute atomic E-state index is 0.142. The molecule has 0 amide bonds. The Morgan fingerprint density at radius 2 is 2.12 bits per heavy atom. The fraction of sp³-hybridized carbons (Fsp3) is 0.500. The third-order valence-corrected chi connectivity index (χ3v) is 3.38. The van der Waals surface area contributed by atoms with Crippen LogP contribution in [0.2, 0.25) is 0 Å². The minimum atomic E-state index is 0.142. The second-order valence-corrected chi connectivity index (χ2v) is 4.72. The Labute approximate surface area is 97.1 Å². The van der Waals surface area contributed by atoms with Crippen LogP contribution in [0, 0.1) is 11.8 Å². The van der Waals surface area contributed by atoms with Crippen molar-refractivity contribution in [2.75, 3.05) is 13.6 Å². The fourth-order valence-electron chi connectivity index (χ4n) is 2.35. The highest BCUT2D eigenvalue weighted by molar-refractivity contribution is 5.87. The first-order valence-electron chi connectivity index (χ1n) is 5.97. The quantitative estimate of drug-likeness (QED) is 0.819. The van der Waals surface area contributed by atoms with Gasteiger partial charge >= 0.3 is 0 Å². The Kier molecular flexibility index (Phi) is 3.39. The van der Waals surface area contributed by atoms with Gasteiger partial charge in [0.2, 0.25) is 0 Å². The third kappa shape index (κ3) is 2.33. The highest BCUT2D eigenvalue weighted by atomic mass is 16.1. The van der Waals surface area contributed by atoms with Crippen molar-refractivity contribution < 1.29 is 4.79 Å². The lowest BCUT2D eigenvalue weighted by Gasteiger charge is -2.09. The molecular weight excluding hydrogens is 198 g/mol. The van der Waals surface area contributed by atoms with Gasteiger partial charge in [0.05, 0.1) is 0 Å². The maximum absolute atomic E-state index is 12.0. The van der Waals surface area contributed by atoms with Crippen molar-refractivity contribution in [2.45, 2.75) is 19.3 Å². The summed E-state index contributed by atoms with van der Waals surface area (Å²) in [6.45, 7) is 2.80. The molecule has 0 bridgehead atoms. The van der Waals surface area contributed by atoms with Crippen molar-refractivity contribution in [1.29, 1.82) is 0 Å². The van der Waals surface area contributed by atoms with E-state index in [9.17, 15) is 4.79 Å². The zero-order valence-corrected chi connectivity index (χ0v) is 9.94. The number of nitrogens with one attached hydrogen (secondary N) is 1. The molecule has 0 aromatic heterocycles. The number of carbonyl (C=O) groups excluding carboxylic acids is 1. The lowest BCUT2D eigenvalue weighted by atomic mass is 9.99. The number of hydrogen-bond donors (Lipinski definition) is 1. The summed E-state index contributed by atoms with van der Waals surface area (Å²) in [4.78, 5) is 12.0. The van der Waals surface area contributed by atoms with Gasteiger partial charge in [-0.3, -0.25) is 4.79 Å². The van der Waals surface area contributed by atoms with Crippen molar-refractivity contribution in [1.82, 2.24) is 5.32 Å². The van der Waals surface area contributed by atoms with E-state index in [1.165, 1.54) is 5.56 Å². The van der Waals surface area contributed by atoms with Crippen LogP contribution in [0.15, 0.2) is 30.3 Å². The van der Waals surface area contributed by atoms with E-state index in [-0.39, 0.29) is 11.8 Å². The second kappa shape index (κ2) is 4.79. The van der Waals surface area contributed by atoms with Gasteiger partial charge in [0.15, 0.2) is 0 Å². The van der Waals surface area contributed by atoms with E-state index in [2.05, 4.69) is 17.4 Å². The highest BCUT2D eigenvalue weighted by Gasteiger charge is 2.44. The maximum atomic E-state index is 12.0. The van der Waals surface area contributed by atoms with Crippen molar-refractivity contribution in [3.05, 3.63) is 35.9 Å². The van der Waals surface area contributed by atoms with Gasteiger partial charge < -0.3 is 5.32 Å². The molecule has 2 nitrogen and oxygen atoms in total. The molecule has 86 valence electrons. The molecule has 3 unspecified atom stereocenters. The molecule has 16 heavy (non-hydrogen) atoms. The van der Waals surface area contributed by atoms with E-state index in [1.54, 1.807) is 0 Å². The Morgan fingerprint density at radius 3 is 2.75 bits per heavy atom. The third-order valence-electron chi connectivity index (χ3n) is 3.38. The standard InChI is InChI=1S/C14H19NO/c1-10(9-15-2)14(16)13-8-12(13)11-6-4-3-5-7-11/h3-7,10,12-13,15H,8-9H2,1-2H3. The Morgan fingerprint density at radius 1 is 1.44 bits per heavy atom. The summed E-state index contributed by atoms with van der Waals surface area (Å²) in [7, 11) is 1.89. The highest BCUT2D eigenvalue weighted by Crippen LogP contribution is 2.48. The first-order valence-corrected chi connectivity index (χ1v) is 5.97. The number of benzene rings is 1. The average Bonchev–Trinajstić information content (AvgIpc) is 3.09. The van der Waals surface area contributed by atoms with Crippen molar-refractivity contribution >= 4 is 5.78 Å². The minimum Gasteiger partial charge on any atom is -0.319 e. The number of carbonyl (C=O) groups is 1. The molecule has 0 heterocycles. The lowest BCUT2D eigenvalue weighted by molar-refractivity contribution is -0.123. The molecule has 0 aliphatic heterocycles. The van der Waals surface area contributed by atoms with Crippen LogP contribution in [0.25, 0.3) is 0 Å². The van der Waals surface area contributed by atoms with E-state index >= 15 is 0 Å². The van der Waals surface area contributed by atoms with Crippen LogP contribution in [0.1, 0.15) is 24.8 Å². The smallest absolute Gasteiger partial charge is 0.140 e. The van der Waals surface area contributed by atoms with Gasteiger partial charge in [-0.15, -0.1) is 0 Å². The van der Waals surface area contributed by atoms with Gasteiger partial charge in [-0.25, -0.2) is 0 Å². The monoisotopic (exact) mass is 217 g/mol. The first kappa shape index (κ1) is 11.3. The molecule has 0 spiro atoms.